The number of rotatable bonds is 8. The van der Waals surface area contributed by atoms with E-state index >= 15 is 0 Å². The second-order valence-electron chi connectivity index (χ2n) is 7.78. The lowest BCUT2D eigenvalue weighted by molar-refractivity contribution is 0.402. The molecule has 154 valence electrons. The summed E-state index contributed by atoms with van der Waals surface area (Å²) in [5, 5.41) is 11.4. The van der Waals surface area contributed by atoms with Crippen LogP contribution in [0.15, 0.2) is 29.3 Å². The highest BCUT2D eigenvalue weighted by molar-refractivity contribution is 5.80. The van der Waals surface area contributed by atoms with Gasteiger partial charge >= 0.3 is 0 Å². The predicted molar refractivity (Wildman–Crippen MR) is 118 cm³/mol. The van der Waals surface area contributed by atoms with Crippen LogP contribution in [0.3, 0.4) is 0 Å². The van der Waals surface area contributed by atoms with Crippen molar-refractivity contribution in [2.24, 2.45) is 12.0 Å². The zero-order chi connectivity index (χ0) is 20.7. The van der Waals surface area contributed by atoms with Gasteiger partial charge in [0.15, 0.2) is 5.96 Å². The molecule has 0 radical (unpaired) electrons. The fourth-order valence-electron chi connectivity index (χ4n) is 3.39. The molecule has 0 spiro atoms. The number of nitrogens with one attached hydrogen (secondary N) is 2. The van der Waals surface area contributed by atoms with E-state index < -0.39 is 0 Å². The largest absolute Gasteiger partial charge is 0.357 e. The van der Waals surface area contributed by atoms with Crippen molar-refractivity contribution in [3.8, 4) is 0 Å². The lowest BCUT2D eigenvalue weighted by atomic mass is 10.1. The molecule has 2 N–H and O–H groups in total. The fourth-order valence-corrected chi connectivity index (χ4v) is 3.39. The van der Waals surface area contributed by atoms with E-state index in [4.69, 9.17) is 4.99 Å². The highest BCUT2D eigenvalue weighted by atomic mass is 15.3. The van der Waals surface area contributed by atoms with Gasteiger partial charge in [0, 0.05) is 31.9 Å². The average Bonchev–Trinajstić information content (AvgIpc) is 2.86. The number of hydrogen-bond acceptors (Lipinski definition) is 3. The molecule has 28 heavy (non-hydrogen) atoms. The maximum Gasteiger partial charge on any atom is 0.191 e. The van der Waals surface area contributed by atoms with Gasteiger partial charge in [-0.15, -0.1) is 0 Å². The Kier molecular flexibility index (Phi) is 8.05. The second kappa shape index (κ2) is 10.3. The van der Waals surface area contributed by atoms with Crippen LogP contribution in [0.2, 0.25) is 0 Å². The number of aryl methyl sites for hydroxylation is 2. The topological polar surface area (TPSA) is 57.5 Å². The van der Waals surface area contributed by atoms with Gasteiger partial charge < -0.3 is 15.5 Å². The molecule has 6 nitrogen and oxygen atoms in total. The monoisotopic (exact) mass is 384 g/mol. The number of aromatic nitrogens is 2. The molecule has 1 heterocycles. The molecule has 0 aliphatic heterocycles. The molecule has 1 aromatic carbocycles. The number of benzene rings is 1. The first-order chi connectivity index (χ1) is 13.3. The lowest BCUT2D eigenvalue weighted by Crippen LogP contribution is -2.43. The zero-order valence-corrected chi connectivity index (χ0v) is 18.5. The normalized spacial score (nSPS) is 13.1. The van der Waals surface area contributed by atoms with Gasteiger partial charge in [0.2, 0.25) is 0 Å². The molecule has 0 fully saturated rings. The van der Waals surface area contributed by atoms with E-state index in [1.165, 1.54) is 22.4 Å². The maximum atomic E-state index is 4.80. The molecule has 2 aromatic rings. The van der Waals surface area contributed by atoms with Gasteiger partial charge in [-0.3, -0.25) is 4.68 Å². The van der Waals surface area contributed by atoms with Gasteiger partial charge in [0.05, 0.1) is 12.2 Å². The van der Waals surface area contributed by atoms with E-state index in [9.17, 15) is 0 Å². The highest BCUT2D eigenvalue weighted by Gasteiger charge is 2.14. The average molecular weight is 385 g/mol. The third-order valence-corrected chi connectivity index (χ3v) is 4.81. The van der Waals surface area contributed by atoms with Gasteiger partial charge in [-0.1, -0.05) is 24.3 Å². The minimum absolute atomic E-state index is 0.263. The minimum Gasteiger partial charge on any atom is -0.357 e. The van der Waals surface area contributed by atoms with Crippen LogP contribution < -0.4 is 10.6 Å². The van der Waals surface area contributed by atoms with Gasteiger partial charge in [-0.2, -0.15) is 5.10 Å². The Morgan fingerprint density at radius 2 is 1.96 bits per heavy atom. The number of nitrogens with zero attached hydrogens (tertiary/aromatic N) is 4. The van der Waals surface area contributed by atoms with Crippen LogP contribution in [-0.4, -0.2) is 47.3 Å². The lowest BCUT2D eigenvalue weighted by Gasteiger charge is -2.18. The van der Waals surface area contributed by atoms with Crippen molar-refractivity contribution in [3.05, 3.63) is 52.3 Å². The molecule has 0 aliphatic rings. The van der Waals surface area contributed by atoms with Crippen LogP contribution >= 0.6 is 0 Å². The third-order valence-electron chi connectivity index (χ3n) is 4.81. The standard InChI is InChI=1S/C22H36N6/c1-8-23-22(24-14-19-10-9-11-20(13-19)15-27(5)6)25-16(2)12-21-17(3)26-28(7)18(21)4/h9-11,13,16H,8,12,14-15H2,1-7H3,(H2,23,24,25). The minimum atomic E-state index is 0.263. The van der Waals surface area contributed by atoms with Crippen LogP contribution in [-0.2, 0) is 26.6 Å². The van der Waals surface area contributed by atoms with Crippen LogP contribution in [0.25, 0.3) is 0 Å². The van der Waals surface area contributed by atoms with Crippen LogP contribution in [0.5, 0.6) is 0 Å². The molecule has 6 heteroatoms. The molecule has 0 saturated carbocycles. The first-order valence-corrected chi connectivity index (χ1v) is 10.1. The molecular weight excluding hydrogens is 348 g/mol. The van der Waals surface area contributed by atoms with E-state index in [1.54, 1.807) is 0 Å². The molecule has 0 bridgehead atoms. The number of hydrogen-bond donors (Lipinski definition) is 2. The maximum absolute atomic E-state index is 4.80. The summed E-state index contributed by atoms with van der Waals surface area (Å²) in [5.41, 5.74) is 6.18. The summed E-state index contributed by atoms with van der Waals surface area (Å²) < 4.78 is 1.96. The molecule has 1 atom stereocenters. The first-order valence-electron chi connectivity index (χ1n) is 10.1. The highest BCUT2D eigenvalue weighted by Crippen LogP contribution is 2.14. The third kappa shape index (κ3) is 6.37. The van der Waals surface area contributed by atoms with Crippen molar-refractivity contribution >= 4 is 5.96 Å². The van der Waals surface area contributed by atoms with Crippen LogP contribution in [0.4, 0.5) is 0 Å². The number of guanidine groups is 1. The van der Waals surface area contributed by atoms with Crippen molar-refractivity contribution in [2.45, 2.75) is 53.2 Å². The second-order valence-corrected chi connectivity index (χ2v) is 7.78. The fraction of sp³-hybridized carbons (Fsp3) is 0.545. The first kappa shape index (κ1) is 22.0. The quantitative estimate of drug-likeness (QED) is 0.543. The van der Waals surface area contributed by atoms with Gasteiger partial charge in [0.1, 0.15) is 0 Å². The van der Waals surface area contributed by atoms with E-state index in [2.05, 4.69) is 86.7 Å². The summed E-state index contributed by atoms with van der Waals surface area (Å²) in [5.74, 6) is 0.854. The molecule has 2 rings (SSSR count). The Labute approximate surface area is 170 Å². The summed E-state index contributed by atoms with van der Waals surface area (Å²) >= 11 is 0. The van der Waals surface area contributed by atoms with Crippen molar-refractivity contribution in [2.75, 3.05) is 20.6 Å². The van der Waals surface area contributed by atoms with E-state index in [1.807, 2.05) is 11.7 Å². The summed E-state index contributed by atoms with van der Waals surface area (Å²) in [6, 6.07) is 8.91. The molecule has 1 unspecified atom stereocenters. The SMILES string of the molecule is CCNC(=NCc1cccc(CN(C)C)c1)NC(C)Cc1c(C)nn(C)c1C. The molecule has 1 aromatic heterocycles. The Morgan fingerprint density at radius 3 is 2.57 bits per heavy atom. The molecule has 0 aliphatic carbocycles. The van der Waals surface area contributed by atoms with Crippen LogP contribution in [0.1, 0.15) is 41.9 Å². The Morgan fingerprint density at radius 1 is 1.25 bits per heavy atom. The van der Waals surface area contributed by atoms with Gasteiger partial charge in [-0.05, 0) is 64.9 Å². The predicted octanol–water partition coefficient (Wildman–Crippen LogP) is 2.78. The summed E-state index contributed by atoms with van der Waals surface area (Å²) in [7, 11) is 6.18. The Bertz CT molecular complexity index is 790. The van der Waals surface area contributed by atoms with E-state index in [0.717, 1.165) is 31.2 Å². The smallest absolute Gasteiger partial charge is 0.191 e. The molecule has 0 amide bonds. The Balaban J connectivity index is 2.03. The summed E-state index contributed by atoms with van der Waals surface area (Å²) in [6.07, 6.45) is 0.925. The van der Waals surface area contributed by atoms with Gasteiger partial charge in [-0.25, -0.2) is 4.99 Å². The van der Waals surface area contributed by atoms with Crippen LogP contribution in [0, 0.1) is 13.8 Å². The van der Waals surface area contributed by atoms with E-state index in [-0.39, 0.29) is 6.04 Å². The zero-order valence-electron chi connectivity index (χ0n) is 18.5. The molecule has 0 saturated heterocycles. The van der Waals surface area contributed by atoms with Gasteiger partial charge in [0.25, 0.3) is 0 Å². The van der Waals surface area contributed by atoms with Crippen molar-refractivity contribution in [1.82, 2.24) is 25.3 Å². The summed E-state index contributed by atoms with van der Waals surface area (Å²) in [4.78, 5) is 6.97. The molecular formula is C22H36N6. The van der Waals surface area contributed by atoms with E-state index in [0.29, 0.717) is 6.54 Å². The summed E-state index contributed by atoms with van der Waals surface area (Å²) in [6.45, 7) is 10.9. The van der Waals surface area contributed by atoms with Crippen molar-refractivity contribution < 1.29 is 0 Å². The van der Waals surface area contributed by atoms with Crippen molar-refractivity contribution in [1.29, 1.82) is 0 Å². The van der Waals surface area contributed by atoms with Crippen molar-refractivity contribution in [3.63, 3.8) is 0 Å². The number of aliphatic imine (C=N–C) groups is 1. The Hall–Kier alpha value is -2.34.